The summed E-state index contributed by atoms with van der Waals surface area (Å²) in [6.45, 7) is 5.93. The number of rotatable bonds is 8. The molecule has 152 valence electrons. The van der Waals surface area contributed by atoms with Crippen LogP contribution in [-0.4, -0.2) is 22.9 Å². The topological polar surface area (TPSA) is 80.3 Å². The zero-order valence-corrected chi connectivity index (χ0v) is 17.6. The van der Waals surface area contributed by atoms with E-state index in [2.05, 4.69) is 15.6 Å². The van der Waals surface area contributed by atoms with Crippen molar-refractivity contribution in [2.45, 2.75) is 46.3 Å². The molecule has 2 N–H and O–H groups in total. The Labute approximate surface area is 174 Å². The molecule has 0 spiro atoms. The van der Waals surface area contributed by atoms with Crippen molar-refractivity contribution in [3.63, 3.8) is 0 Å². The minimum Gasteiger partial charge on any atom is -0.491 e. The molecule has 0 aliphatic heterocycles. The zero-order chi connectivity index (χ0) is 20.8. The lowest BCUT2D eigenvalue weighted by Gasteiger charge is -2.10. The molecule has 0 saturated carbocycles. The van der Waals surface area contributed by atoms with Gasteiger partial charge < -0.3 is 15.4 Å². The summed E-state index contributed by atoms with van der Waals surface area (Å²) in [5.41, 5.74) is 2.95. The number of nitrogens with zero attached hydrogens (tertiary/aromatic N) is 1. The molecule has 2 aromatic carbocycles. The maximum atomic E-state index is 12.2. The molecule has 7 heteroatoms. The second-order valence-corrected chi connectivity index (χ2v) is 8.12. The van der Waals surface area contributed by atoms with Crippen molar-refractivity contribution < 1.29 is 14.3 Å². The molecule has 0 fully saturated rings. The molecule has 0 saturated heterocycles. The first kappa shape index (κ1) is 20.8. The number of aromatic nitrogens is 1. The summed E-state index contributed by atoms with van der Waals surface area (Å²) in [5, 5.41) is 6.25. The van der Waals surface area contributed by atoms with Crippen LogP contribution in [0, 0.1) is 0 Å². The minimum atomic E-state index is -0.136. The summed E-state index contributed by atoms with van der Waals surface area (Å²) >= 11 is 1.43. The van der Waals surface area contributed by atoms with Crippen LogP contribution in [0.3, 0.4) is 0 Å². The molecule has 1 aromatic heterocycles. The lowest BCUT2D eigenvalue weighted by Crippen LogP contribution is -2.22. The van der Waals surface area contributed by atoms with E-state index in [0.717, 1.165) is 27.1 Å². The molecule has 3 aromatic rings. The largest absolute Gasteiger partial charge is 0.491 e. The number of carbonyl (C=O) groups excluding carboxylic acids is 2. The molecule has 1 heterocycles. The smallest absolute Gasteiger partial charge is 0.223 e. The predicted octanol–water partition coefficient (Wildman–Crippen LogP) is 4.29. The molecule has 0 radical (unpaired) electrons. The van der Waals surface area contributed by atoms with Gasteiger partial charge in [-0.1, -0.05) is 29.5 Å². The third-order valence-electron chi connectivity index (χ3n) is 4.16. The molecule has 2 amide bonds. The van der Waals surface area contributed by atoms with Crippen LogP contribution in [0.15, 0.2) is 42.5 Å². The van der Waals surface area contributed by atoms with Crippen molar-refractivity contribution in [3.05, 3.63) is 53.6 Å². The molecule has 0 aliphatic rings. The third kappa shape index (κ3) is 6.29. The van der Waals surface area contributed by atoms with Gasteiger partial charge in [-0.2, -0.15) is 0 Å². The normalized spacial score (nSPS) is 10.9. The number of nitrogens with one attached hydrogen (secondary N) is 2. The van der Waals surface area contributed by atoms with Crippen LogP contribution < -0.4 is 15.4 Å². The van der Waals surface area contributed by atoms with Crippen LogP contribution in [0.5, 0.6) is 5.75 Å². The van der Waals surface area contributed by atoms with Gasteiger partial charge in [0.25, 0.3) is 0 Å². The molecule has 29 heavy (non-hydrogen) atoms. The zero-order valence-electron chi connectivity index (χ0n) is 16.8. The van der Waals surface area contributed by atoms with E-state index in [1.807, 2.05) is 56.3 Å². The van der Waals surface area contributed by atoms with Gasteiger partial charge in [0, 0.05) is 19.9 Å². The van der Waals surface area contributed by atoms with Crippen LogP contribution in [0.2, 0.25) is 0 Å². The Balaban J connectivity index is 1.49. The number of anilines is 1. The van der Waals surface area contributed by atoms with Crippen molar-refractivity contribution in [2.75, 3.05) is 5.32 Å². The first-order chi connectivity index (χ1) is 13.9. The number of hydrogen-bond donors (Lipinski definition) is 2. The fraction of sp³-hybridized carbons (Fsp3) is 0.318. The van der Waals surface area contributed by atoms with E-state index in [9.17, 15) is 9.59 Å². The molecule has 0 atom stereocenters. The van der Waals surface area contributed by atoms with Crippen molar-refractivity contribution in [2.24, 2.45) is 0 Å². The first-order valence-corrected chi connectivity index (χ1v) is 10.4. The van der Waals surface area contributed by atoms with Crippen LogP contribution in [0.25, 0.3) is 10.2 Å². The van der Waals surface area contributed by atoms with Gasteiger partial charge in [-0.25, -0.2) is 4.98 Å². The Morgan fingerprint density at radius 1 is 1.10 bits per heavy atom. The summed E-state index contributed by atoms with van der Waals surface area (Å²) in [7, 11) is 0. The monoisotopic (exact) mass is 411 g/mol. The molecular weight excluding hydrogens is 386 g/mol. The number of benzene rings is 2. The van der Waals surface area contributed by atoms with Gasteiger partial charge in [0.15, 0.2) is 5.13 Å². The van der Waals surface area contributed by atoms with Gasteiger partial charge in [-0.05, 0) is 55.7 Å². The van der Waals surface area contributed by atoms with Gasteiger partial charge in [0.05, 0.1) is 16.3 Å². The number of thiazole rings is 1. The van der Waals surface area contributed by atoms with E-state index in [4.69, 9.17) is 4.74 Å². The van der Waals surface area contributed by atoms with Crippen LogP contribution in [0.1, 0.15) is 38.3 Å². The Kier molecular flexibility index (Phi) is 6.82. The maximum Gasteiger partial charge on any atom is 0.223 e. The number of hydrogen-bond acceptors (Lipinski definition) is 5. The van der Waals surface area contributed by atoms with Crippen LogP contribution >= 0.6 is 11.3 Å². The van der Waals surface area contributed by atoms with Gasteiger partial charge >= 0.3 is 0 Å². The Bertz CT molecular complexity index is 996. The molecule has 0 unspecified atom stereocenters. The van der Waals surface area contributed by atoms with E-state index >= 15 is 0 Å². The van der Waals surface area contributed by atoms with Crippen LogP contribution in [0.4, 0.5) is 5.13 Å². The minimum absolute atomic E-state index is 0.0100. The van der Waals surface area contributed by atoms with Gasteiger partial charge in [-0.15, -0.1) is 0 Å². The first-order valence-electron chi connectivity index (χ1n) is 9.58. The number of carbonyl (C=O) groups is 2. The SMILES string of the molecule is CC(=O)Nc1nc2ccc(CCC(=O)NCc3ccc(OC(C)C)cc3)cc2s1. The van der Waals surface area contributed by atoms with Gasteiger partial charge in [-0.3, -0.25) is 9.59 Å². The average Bonchev–Trinajstić information content (AvgIpc) is 3.06. The Hall–Kier alpha value is -2.93. The van der Waals surface area contributed by atoms with Crippen molar-refractivity contribution in [3.8, 4) is 5.75 Å². The van der Waals surface area contributed by atoms with Gasteiger partial charge in [0.2, 0.25) is 11.8 Å². The van der Waals surface area contributed by atoms with Crippen molar-refractivity contribution in [1.82, 2.24) is 10.3 Å². The van der Waals surface area contributed by atoms with Crippen LogP contribution in [-0.2, 0) is 22.6 Å². The highest BCUT2D eigenvalue weighted by atomic mass is 32.1. The van der Waals surface area contributed by atoms with Gasteiger partial charge in [0.1, 0.15) is 5.75 Å². The fourth-order valence-electron chi connectivity index (χ4n) is 2.83. The predicted molar refractivity (Wildman–Crippen MR) is 116 cm³/mol. The second kappa shape index (κ2) is 9.52. The number of ether oxygens (including phenoxy) is 1. The standard InChI is InChI=1S/C22H25N3O3S/c1-14(2)28-18-8-4-17(5-9-18)13-23-21(27)11-7-16-6-10-19-20(12-16)29-22(25-19)24-15(3)26/h4-6,8-10,12,14H,7,11,13H2,1-3H3,(H,23,27)(H,24,25,26). The average molecular weight is 412 g/mol. The lowest BCUT2D eigenvalue weighted by atomic mass is 10.1. The molecular formula is C22H25N3O3S. The molecule has 3 rings (SSSR count). The highest BCUT2D eigenvalue weighted by Crippen LogP contribution is 2.27. The van der Waals surface area contributed by atoms with Crippen molar-refractivity contribution in [1.29, 1.82) is 0 Å². The highest BCUT2D eigenvalue weighted by Gasteiger charge is 2.08. The number of aryl methyl sites for hydroxylation is 1. The Morgan fingerprint density at radius 3 is 2.52 bits per heavy atom. The number of amides is 2. The third-order valence-corrected chi connectivity index (χ3v) is 5.09. The summed E-state index contributed by atoms with van der Waals surface area (Å²) in [4.78, 5) is 27.7. The maximum absolute atomic E-state index is 12.2. The van der Waals surface area contributed by atoms with E-state index in [1.54, 1.807) is 0 Å². The fourth-order valence-corrected chi connectivity index (χ4v) is 3.81. The Morgan fingerprint density at radius 2 is 1.83 bits per heavy atom. The molecule has 0 bridgehead atoms. The van der Waals surface area contributed by atoms with E-state index in [1.165, 1.54) is 18.3 Å². The second-order valence-electron chi connectivity index (χ2n) is 7.09. The molecule has 6 nitrogen and oxygen atoms in total. The summed E-state index contributed by atoms with van der Waals surface area (Å²) in [5.74, 6) is 0.703. The summed E-state index contributed by atoms with van der Waals surface area (Å²) in [6.07, 6.45) is 1.20. The number of fused-ring (bicyclic) bond motifs is 1. The quantitative estimate of drug-likeness (QED) is 0.579. The summed E-state index contributed by atoms with van der Waals surface area (Å²) in [6, 6.07) is 13.7. The van der Waals surface area contributed by atoms with E-state index in [-0.39, 0.29) is 17.9 Å². The van der Waals surface area contributed by atoms with E-state index < -0.39 is 0 Å². The highest BCUT2D eigenvalue weighted by molar-refractivity contribution is 7.22. The summed E-state index contributed by atoms with van der Waals surface area (Å²) < 4.78 is 6.62. The lowest BCUT2D eigenvalue weighted by molar-refractivity contribution is -0.121. The van der Waals surface area contributed by atoms with Crippen molar-refractivity contribution >= 4 is 38.5 Å². The molecule has 0 aliphatic carbocycles. The van der Waals surface area contributed by atoms with E-state index in [0.29, 0.717) is 24.5 Å².